The van der Waals surface area contributed by atoms with Crippen molar-refractivity contribution >= 4 is 23.0 Å². The lowest BCUT2D eigenvalue weighted by atomic mass is 9.96. The average Bonchev–Trinajstić information content (AvgIpc) is 3.48. The fraction of sp³-hybridized carbons (Fsp3) is 0.393. The zero-order valence-electron chi connectivity index (χ0n) is 20.9. The molecule has 4 rings (SSSR count). The third kappa shape index (κ3) is 5.98. The maximum absolute atomic E-state index is 12.6. The van der Waals surface area contributed by atoms with Crippen molar-refractivity contribution in [1.29, 1.82) is 5.26 Å². The Morgan fingerprint density at radius 3 is 2.58 bits per heavy atom. The van der Waals surface area contributed by atoms with Crippen LogP contribution in [0.25, 0.3) is 11.0 Å². The number of esters is 1. The Kier molecular flexibility index (Phi) is 7.20. The van der Waals surface area contributed by atoms with Crippen molar-refractivity contribution in [3.63, 3.8) is 0 Å². The number of carbonyl (C=O) groups excluding carboxylic acids is 2. The Bertz CT molecular complexity index is 1280. The first kappa shape index (κ1) is 25.1. The monoisotopic (exact) mass is 490 g/mol. The Balaban J connectivity index is 1.41. The molecular weight excluding hydrogens is 460 g/mol. The van der Waals surface area contributed by atoms with Crippen LogP contribution in [-0.4, -0.2) is 48.9 Å². The summed E-state index contributed by atoms with van der Waals surface area (Å²) in [7, 11) is 1.35. The van der Waals surface area contributed by atoms with Gasteiger partial charge in [0.25, 0.3) is 0 Å². The Labute approximate surface area is 210 Å². The van der Waals surface area contributed by atoms with Gasteiger partial charge in [0.05, 0.1) is 25.3 Å². The number of ether oxygens (including phenoxy) is 3. The van der Waals surface area contributed by atoms with Crippen LogP contribution in [0.1, 0.15) is 50.0 Å². The summed E-state index contributed by atoms with van der Waals surface area (Å²) in [4.78, 5) is 26.5. The zero-order chi connectivity index (χ0) is 25.9. The molecule has 0 N–H and O–H groups in total. The first-order valence-corrected chi connectivity index (χ1v) is 11.9. The van der Waals surface area contributed by atoms with Crippen molar-refractivity contribution in [2.24, 2.45) is 0 Å². The van der Waals surface area contributed by atoms with Crippen molar-refractivity contribution in [2.75, 3.05) is 20.2 Å². The number of rotatable bonds is 6. The number of furan rings is 1. The topological polar surface area (TPSA) is 102 Å². The molecule has 0 radical (unpaired) electrons. The van der Waals surface area contributed by atoms with Crippen LogP contribution in [0.15, 0.2) is 52.9 Å². The third-order valence-electron chi connectivity index (χ3n) is 5.96. The molecule has 0 saturated carbocycles. The second kappa shape index (κ2) is 10.3. The predicted molar refractivity (Wildman–Crippen MR) is 133 cm³/mol. The van der Waals surface area contributed by atoms with E-state index >= 15 is 0 Å². The molecule has 8 heteroatoms. The summed E-state index contributed by atoms with van der Waals surface area (Å²) in [5.41, 5.74) is 1.52. The molecule has 0 bridgehead atoms. The second-order valence-electron chi connectivity index (χ2n) is 9.89. The summed E-state index contributed by atoms with van der Waals surface area (Å²) < 4.78 is 22.5. The number of amides is 1. The first-order valence-electron chi connectivity index (χ1n) is 11.9. The number of carbonyl (C=O) groups is 2. The van der Waals surface area contributed by atoms with Gasteiger partial charge in [-0.3, -0.25) is 4.79 Å². The van der Waals surface area contributed by atoms with Crippen LogP contribution in [0.3, 0.4) is 0 Å². The van der Waals surface area contributed by atoms with Crippen molar-refractivity contribution in [2.45, 2.75) is 51.2 Å². The molecule has 1 fully saturated rings. The molecule has 1 aliphatic heterocycles. The van der Waals surface area contributed by atoms with Gasteiger partial charge < -0.3 is 23.5 Å². The molecule has 3 aromatic rings. The highest BCUT2D eigenvalue weighted by Crippen LogP contribution is 2.30. The van der Waals surface area contributed by atoms with Crippen LogP contribution < -0.4 is 4.74 Å². The van der Waals surface area contributed by atoms with Crippen molar-refractivity contribution < 1.29 is 28.2 Å². The van der Waals surface area contributed by atoms with E-state index in [1.807, 2.05) is 45.0 Å². The van der Waals surface area contributed by atoms with E-state index in [0.29, 0.717) is 42.2 Å². The maximum Gasteiger partial charge on any atom is 0.410 e. The van der Waals surface area contributed by atoms with E-state index < -0.39 is 17.5 Å². The van der Waals surface area contributed by atoms with Crippen molar-refractivity contribution in [3.8, 4) is 11.8 Å². The Hall–Kier alpha value is -3.99. The fourth-order valence-corrected chi connectivity index (χ4v) is 4.20. The molecule has 188 valence electrons. The molecule has 1 aromatic heterocycles. The molecule has 0 spiro atoms. The molecule has 36 heavy (non-hydrogen) atoms. The second-order valence-corrected chi connectivity index (χ2v) is 9.89. The van der Waals surface area contributed by atoms with E-state index in [2.05, 4.69) is 6.07 Å². The van der Waals surface area contributed by atoms with E-state index in [-0.39, 0.29) is 12.2 Å². The standard InChI is InChI=1S/C28H30N2O6/c1-28(2,3)36-27(32)30-12-11-22(17-30)34-21-8-5-18(6-9-21)14-23(26(31)33-4)25-15-20-13-19(16-29)7-10-24(20)35-25/h5-10,13,15,22-23H,11-12,14,17H2,1-4H3/t22-,23?/m0/s1. The normalized spacial score (nSPS) is 16.4. The van der Waals surface area contributed by atoms with E-state index in [4.69, 9.17) is 23.9 Å². The molecule has 1 unspecified atom stereocenters. The summed E-state index contributed by atoms with van der Waals surface area (Å²) in [5, 5.41) is 9.90. The van der Waals surface area contributed by atoms with Crippen LogP contribution in [0.5, 0.6) is 5.75 Å². The van der Waals surface area contributed by atoms with E-state index in [0.717, 1.165) is 17.4 Å². The van der Waals surface area contributed by atoms with Gasteiger partial charge in [-0.2, -0.15) is 5.26 Å². The lowest BCUT2D eigenvalue weighted by Crippen LogP contribution is -2.36. The number of benzene rings is 2. The number of nitrogens with zero attached hydrogens (tertiary/aromatic N) is 2. The SMILES string of the molecule is COC(=O)C(Cc1ccc(O[C@H]2CCN(C(=O)OC(C)(C)C)C2)cc1)c1cc2cc(C#N)ccc2o1. The lowest BCUT2D eigenvalue weighted by Gasteiger charge is -2.24. The molecule has 2 aromatic carbocycles. The number of fused-ring (bicyclic) bond motifs is 1. The van der Waals surface area contributed by atoms with Gasteiger partial charge in [-0.1, -0.05) is 12.1 Å². The highest BCUT2D eigenvalue weighted by Gasteiger charge is 2.31. The number of hydrogen-bond donors (Lipinski definition) is 0. The van der Waals surface area contributed by atoms with Crippen LogP contribution >= 0.6 is 0 Å². The fourth-order valence-electron chi connectivity index (χ4n) is 4.20. The first-order chi connectivity index (χ1) is 17.1. The molecular formula is C28H30N2O6. The maximum atomic E-state index is 12.6. The molecule has 0 aliphatic carbocycles. The minimum atomic E-state index is -0.628. The van der Waals surface area contributed by atoms with Gasteiger partial charge in [0, 0.05) is 18.4 Å². The Morgan fingerprint density at radius 2 is 1.92 bits per heavy atom. The molecule has 1 aliphatic rings. The van der Waals surface area contributed by atoms with Crippen LogP contribution in [-0.2, 0) is 20.7 Å². The highest BCUT2D eigenvalue weighted by atomic mass is 16.6. The number of methoxy groups -OCH3 is 1. The van der Waals surface area contributed by atoms with E-state index in [1.165, 1.54) is 7.11 Å². The minimum absolute atomic E-state index is 0.111. The molecule has 1 saturated heterocycles. The summed E-state index contributed by atoms with van der Waals surface area (Å²) in [6.07, 6.45) is 0.672. The van der Waals surface area contributed by atoms with Gasteiger partial charge in [0.15, 0.2) is 0 Å². The largest absolute Gasteiger partial charge is 0.489 e. The van der Waals surface area contributed by atoms with Crippen LogP contribution in [0.2, 0.25) is 0 Å². The van der Waals surface area contributed by atoms with Crippen molar-refractivity contribution in [1.82, 2.24) is 4.90 Å². The summed E-state index contributed by atoms with van der Waals surface area (Å²) in [6, 6.07) is 16.6. The Morgan fingerprint density at radius 1 is 1.17 bits per heavy atom. The van der Waals surface area contributed by atoms with E-state index in [1.54, 1.807) is 29.2 Å². The van der Waals surface area contributed by atoms with Gasteiger partial charge in [-0.05, 0) is 69.2 Å². The number of nitriles is 1. The quantitative estimate of drug-likeness (QED) is 0.438. The van der Waals surface area contributed by atoms with Crippen molar-refractivity contribution in [3.05, 3.63) is 65.4 Å². The zero-order valence-corrected chi connectivity index (χ0v) is 20.9. The third-order valence-corrected chi connectivity index (χ3v) is 5.96. The molecule has 2 atom stereocenters. The van der Waals surface area contributed by atoms with Crippen LogP contribution in [0.4, 0.5) is 4.79 Å². The lowest BCUT2D eigenvalue weighted by molar-refractivity contribution is -0.142. The number of likely N-dealkylation sites (tertiary alicyclic amines) is 1. The van der Waals surface area contributed by atoms with Gasteiger partial charge in [0.1, 0.15) is 34.7 Å². The smallest absolute Gasteiger partial charge is 0.410 e. The molecule has 8 nitrogen and oxygen atoms in total. The highest BCUT2D eigenvalue weighted by molar-refractivity contribution is 5.83. The van der Waals surface area contributed by atoms with Gasteiger partial charge >= 0.3 is 12.1 Å². The molecule has 2 heterocycles. The average molecular weight is 491 g/mol. The van der Waals surface area contributed by atoms with Crippen LogP contribution in [0, 0.1) is 11.3 Å². The van der Waals surface area contributed by atoms with Gasteiger partial charge in [-0.15, -0.1) is 0 Å². The van der Waals surface area contributed by atoms with Gasteiger partial charge in [0.2, 0.25) is 0 Å². The van der Waals surface area contributed by atoms with Gasteiger partial charge in [-0.25, -0.2) is 4.79 Å². The minimum Gasteiger partial charge on any atom is -0.489 e. The predicted octanol–water partition coefficient (Wildman–Crippen LogP) is 5.19. The van der Waals surface area contributed by atoms with E-state index in [9.17, 15) is 9.59 Å². The summed E-state index contributed by atoms with van der Waals surface area (Å²) >= 11 is 0. The summed E-state index contributed by atoms with van der Waals surface area (Å²) in [6.45, 7) is 6.60. The molecule has 1 amide bonds. The summed E-state index contributed by atoms with van der Waals surface area (Å²) in [5.74, 6) is 0.151. The number of hydrogen-bond acceptors (Lipinski definition) is 7.